The van der Waals surface area contributed by atoms with Gasteiger partial charge in [-0.15, -0.1) is 0 Å². The van der Waals surface area contributed by atoms with E-state index in [-0.39, 0.29) is 5.91 Å². The summed E-state index contributed by atoms with van der Waals surface area (Å²) in [5.41, 5.74) is 3.98. The molecule has 0 aliphatic carbocycles. The highest BCUT2D eigenvalue weighted by molar-refractivity contribution is 5.79. The van der Waals surface area contributed by atoms with Gasteiger partial charge in [0.15, 0.2) is 5.79 Å². The van der Waals surface area contributed by atoms with Gasteiger partial charge in [-0.3, -0.25) is 4.79 Å². The summed E-state index contributed by atoms with van der Waals surface area (Å²) in [7, 11) is 0. The topological polar surface area (TPSA) is 56.6 Å². The fourth-order valence-corrected chi connectivity index (χ4v) is 3.90. The quantitative estimate of drug-likeness (QED) is 0.848. The fourth-order valence-electron chi connectivity index (χ4n) is 3.90. The number of piperidine rings is 1. The molecule has 6 heteroatoms. The molecule has 1 aromatic carbocycles. The zero-order chi connectivity index (χ0) is 18.1. The molecule has 0 bridgehead atoms. The molecule has 0 unspecified atom stereocenters. The summed E-state index contributed by atoms with van der Waals surface area (Å²) >= 11 is 0. The lowest BCUT2D eigenvalue weighted by Crippen LogP contribution is -2.47. The lowest BCUT2D eigenvalue weighted by atomic mass is 10.0. The van der Waals surface area contributed by atoms with Gasteiger partial charge in [0, 0.05) is 37.2 Å². The Bertz CT molecular complexity index is 784. The number of hydrogen-bond acceptors (Lipinski definition) is 4. The Balaban J connectivity index is 1.46. The van der Waals surface area contributed by atoms with E-state index >= 15 is 0 Å². The van der Waals surface area contributed by atoms with Crippen molar-refractivity contribution in [2.24, 2.45) is 0 Å². The molecule has 1 spiro atoms. The predicted molar refractivity (Wildman–Crippen MR) is 97.2 cm³/mol. The van der Waals surface area contributed by atoms with Crippen molar-refractivity contribution in [2.75, 3.05) is 26.3 Å². The van der Waals surface area contributed by atoms with Crippen LogP contribution in [0.25, 0.3) is 5.69 Å². The second-order valence-corrected chi connectivity index (χ2v) is 7.06. The van der Waals surface area contributed by atoms with E-state index < -0.39 is 5.79 Å². The summed E-state index contributed by atoms with van der Waals surface area (Å²) in [6, 6.07) is 10.0. The van der Waals surface area contributed by atoms with Crippen LogP contribution in [0.2, 0.25) is 0 Å². The standard InChI is InChI=1S/C20H25N3O3/c1-15-18(16(2)23(21-15)17-6-4-3-5-7-17)14-19(24)22-10-8-20(9-11-22)25-12-13-26-20/h3-7H,8-14H2,1-2H3. The molecule has 1 amide bonds. The molecular formula is C20H25N3O3. The average Bonchev–Trinajstić information content (AvgIpc) is 3.23. The monoisotopic (exact) mass is 355 g/mol. The molecule has 4 rings (SSSR count). The van der Waals surface area contributed by atoms with Crippen molar-refractivity contribution in [2.45, 2.75) is 38.9 Å². The van der Waals surface area contributed by atoms with Crippen molar-refractivity contribution in [3.8, 4) is 5.69 Å². The van der Waals surface area contributed by atoms with E-state index in [0.717, 1.165) is 35.5 Å². The molecule has 2 aliphatic heterocycles. The molecular weight excluding hydrogens is 330 g/mol. The SMILES string of the molecule is Cc1nn(-c2ccccc2)c(C)c1CC(=O)N1CCC2(CC1)OCCO2. The van der Waals surface area contributed by atoms with Gasteiger partial charge in [-0.25, -0.2) is 4.68 Å². The van der Waals surface area contributed by atoms with Crippen molar-refractivity contribution in [3.05, 3.63) is 47.3 Å². The van der Waals surface area contributed by atoms with Crippen LogP contribution < -0.4 is 0 Å². The number of para-hydroxylation sites is 1. The molecule has 2 fully saturated rings. The van der Waals surface area contributed by atoms with E-state index in [2.05, 4.69) is 5.10 Å². The lowest BCUT2D eigenvalue weighted by molar-refractivity contribution is -0.187. The van der Waals surface area contributed by atoms with Crippen molar-refractivity contribution in [1.82, 2.24) is 14.7 Å². The molecule has 2 saturated heterocycles. The van der Waals surface area contributed by atoms with Crippen LogP contribution in [0.5, 0.6) is 0 Å². The normalized spacial score (nSPS) is 19.2. The fraction of sp³-hybridized carbons (Fsp3) is 0.500. The van der Waals surface area contributed by atoms with E-state index in [1.54, 1.807) is 0 Å². The van der Waals surface area contributed by atoms with Crippen LogP contribution in [0.3, 0.4) is 0 Å². The Hall–Kier alpha value is -2.18. The third kappa shape index (κ3) is 3.15. The first kappa shape index (κ1) is 17.2. The molecule has 0 radical (unpaired) electrons. The van der Waals surface area contributed by atoms with Crippen molar-refractivity contribution in [1.29, 1.82) is 0 Å². The minimum Gasteiger partial charge on any atom is -0.347 e. The van der Waals surface area contributed by atoms with Gasteiger partial charge in [0.2, 0.25) is 5.91 Å². The van der Waals surface area contributed by atoms with Crippen LogP contribution in [0.15, 0.2) is 30.3 Å². The summed E-state index contributed by atoms with van der Waals surface area (Å²) in [5, 5.41) is 4.64. The summed E-state index contributed by atoms with van der Waals surface area (Å²) in [6.07, 6.45) is 1.89. The molecule has 26 heavy (non-hydrogen) atoms. The second-order valence-electron chi connectivity index (χ2n) is 7.06. The zero-order valence-electron chi connectivity index (χ0n) is 15.4. The van der Waals surface area contributed by atoms with Crippen LogP contribution in [0.1, 0.15) is 29.8 Å². The molecule has 0 atom stereocenters. The summed E-state index contributed by atoms with van der Waals surface area (Å²) < 4.78 is 13.4. The molecule has 0 N–H and O–H groups in total. The molecule has 1 aromatic heterocycles. The van der Waals surface area contributed by atoms with Crippen LogP contribution in [0.4, 0.5) is 0 Å². The summed E-state index contributed by atoms with van der Waals surface area (Å²) in [6.45, 7) is 6.69. The number of carbonyl (C=O) groups excluding carboxylic acids is 1. The number of nitrogens with zero attached hydrogens (tertiary/aromatic N) is 3. The first-order valence-corrected chi connectivity index (χ1v) is 9.24. The van der Waals surface area contributed by atoms with Crippen molar-refractivity contribution in [3.63, 3.8) is 0 Å². The molecule has 3 heterocycles. The Labute approximate surface area is 153 Å². The van der Waals surface area contributed by atoms with Crippen LogP contribution >= 0.6 is 0 Å². The zero-order valence-corrected chi connectivity index (χ0v) is 15.4. The largest absolute Gasteiger partial charge is 0.347 e. The van der Waals surface area contributed by atoms with E-state index in [1.807, 2.05) is 53.8 Å². The Morgan fingerprint density at radius 3 is 2.42 bits per heavy atom. The van der Waals surface area contributed by atoms with E-state index in [4.69, 9.17) is 9.47 Å². The highest BCUT2D eigenvalue weighted by atomic mass is 16.7. The third-order valence-electron chi connectivity index (χ3n) is 5.46. The second kappa shape index (κ2) is 6.85. The van der Waals surface area contributed by atoms with E-state index in [1.165, 1.54) is 0 Å². The molecule has 2 aromatic rings. The van der Waals surface area contributed by atoms with Crippen LogP contribution in [0, 0.1) is 13.8 Å². The van der Waals surface area contributed by atoms with Crippen molar-refractivity contribution >= 4 is 5.91 Å². The first-order chi connectivity index (χ1) is 12.6. The van der Waals surface area contributed by atoms with E-state index in [0.29, 0.717) is 32.7 Å². The number of aromatic nitrogens is 2. The number of amides is 1. The number of hydrogen-bond donors (Lipinski definition) is 0. The maximum Gasteiger partial charge on any atom is 0.227 e. The summed E-state index contributed by atoms with van der Waals surface area (Å²) in [5.74, 6) is -0.294. The number of carbonyl (C=O) groups is 1. The van der Waals surface area contributed by atoms with E-state index in [9.17, 15) is 4.79 Å². The minimum atomic E-state index is -0.444. The molecule has 138 valence electrons. The Morgan fingerprint density at radius 2 is 1.77 bits per heavy atom. The summed E-state index contributed by atoms with van der Waals surface area (Å²) in [4.78, 5) is 14.8. The number of likely N-dealkylation sites (tertiary alicyclic amines) is 1. The number of aryl methyl sites for hydroxylation is 1. The van der Waals surface area contributed by atoms with Gasteiger partial charge < -0.3 is 14.4 Å². The Morgan fingerprint density at radius 1 is 1.12 bits per heavy atom. The highest BCUT2D eigenvalue weighted by Crippen LogP contribution is 2.31. The number of ether oxygens (including phenoxy) is 2. The highest BCUT2D eigenvalue weighted by Gasteiger charge is 2.40. The van der Waals surface area contributed by atoms with Crippen molar-refractivity contribution < 1.29 is 14.3 Å². The average molecular weight is 355 g/mol. The van der Waals surface area contributed by atoms with Crippen LogP contribution in [-0.4, -0.2) is 52.7 Å². The lowest BCUT2D eigenvalue weighted by Gasteiger charge is -2.37. The Kier molecular flexibility index (Phi) is 4.54. The molecule has 0 saturated carbocycles. The molecule has 6 nitrogen and oxygen atoms in total. The maximum absolute atomic E-state index is 12.8. The predicted octanol–water partition coefficient (Wildman–Crippen LogP) is 2.40. The maximum atomic E-state index is 12.8. The minimum absolute atomic E-state index is 0.150. The number of benzene rings is 1. The van der Waals surface area contributed by atoms with Gasteiger partial charge in [-0.2, -0.15) is 5.10 Å². The van der Waals surface area contributed by atoms with Gasteiger partial charge in [-0.1, -0.05) is 18.2 Å². The van der Waals surface area contributed by atoms with Crippen LogP contribution in [-0.2, 0) is 20.7 Å². The van der Waals surface area contributed by atoms with Gasteiger partial charge in [0.05, 0.1) is 31.0 Å². The first-order valence-electron chi connectivity index (χ1n) is 9.24. The van der Waals surface area contributed by atoms with Gasteiger partial charge in [0.25, 0.3) is 0 Å². The third-order valence-corrected chi connectivity index (χ3v) is 5.46. The van der Waals surface area contributed by atoms with Gasteiger partial charge in [-0.05, 0) is 26.0 Å². The van der Waals surface area contributed by atoms with Gasteiger partial charge in [0.1, 0.15) is 0 Å². The molecule has 2 aliphatic rings. The van der Waals surface area contributed by atoms with Gasteiger partial charge >= 0.3 is 0 Å². The smallest absolute Gasteiger partial charge is 0.227 e. The number of rotatable bonds is 3.